The molecule has 0 saturated carbocycles. The third-order valence-corrected chi connectivity index (χ3v) is 4.06. The Balaban J connectivity index is 2.15. The molecule has 2 heteroatoms. The van der Waals surface area contributed by atoms with Gasteiger partial charge in [0.2, 0.25) is 0 Å². The van der Waals surface area contributed by atoms with Crippen molar-refractivity contribution in [3.05, 3.63) is 35.4 Å². The summed E-state index contributed by atoms with van der Waals surface area (Å²) < 4.78 is 5.03. The fourth-order valence-corrected chi connectivity index (χ4v) is 2.46. The zero-order valence-corrected chi connectivity index (χ0v) is 14.2. The van der Waals surface area contributed by atoms with Crippen molar-refractivity contribution in [3.63, 3.8) is 0 Å². The Bertz CT molecular complexity index is 347. The molecule has 0 fully saturated rings. The number of benzene rings is 1. The zero-order valence-electron chi connectivity index (χ0n) is 14.2. The molecule has 0 bridgehead atoms. The topological polar surface area (TPSA) is 21.3 Å². The molecular formula is C19H33NO. The molecule has 1 rings (SSSR count). The number of hydrogen-bond donors (Lipinski definition) is 1. The standard InChI is InChI=1S/C19H33NO/c1-4-5-6-18-9-11-19(12-10-18)8-7-17(2)13-14-20-15-16-21-3/h9-12,17,20H,4-8,13-16H2,1-3H3. The molecule has 0 aromatic heterocycles. The summed E-state index contributed by atoms with van der Waals surface area (Å²) in [5.74, 6) is 0.778. The van der Waals surface area contributed by atoms with E-state index in [0.29, 0.717) is 0 Å². The van der Waals surface area contributed by atoms with Gasteiger partial charge in [-0.1, -0.05) is 44.5 Å². The van der Waals surface area contributed by atoms with Crippen molar-refractivity contribution in [2.24, 2.45) is 5.92 Å². The summed E-state index contributed by atoms with van der Waals surface area (Å²) in [6, 6.07) is 9.24. The molecule has 2 nitrogen and oxygen atoms in total. The van der Waals surface area contributed by atoms with Crippen LogP contribution in [0.4, 0.5) is 0 Å². The maximum Gasteiger partial charge on any atom is 0.0587 e. The van der Waals surface area contributed by atoms with E-state index in [2.05, 4.69) is 43.4 Å². The Morgan fingerprint density at radius 2 is 1.67 bits per heavy atom. The Kier molecular flexibility index (Phi) is 10.2. The lowest BCUT2D eigenvalue weighted by molar-refractivity contribution is 0.199. The van der Waals surface area contributed by atoms with Crippen molar-refractivity contribution in [1.29, 1.82) is 0 Å². The van der Waals surface area contributed by atoms with Gasteiger partial charge in [0.05, 0.1) is 6.61 Å². The molecule has 1 aromatic carbocycles. The molecule has 0 aliphatic carbocycles. The summed E-state index contributed by atoms with van der Waals surface area (Å²) in [6.07, 6.45) is 7.52. The van der Waals surface area contributed by atoms with E-state index in [1.807, 2.05) is 0 Å². The lowest BCUT2D eigenvalue weighted by Crippen LogP contribution is -2.21. The largest absolute Gasteiger partial charge is 0.383 e. The van der Waals surface area contributed by atoms with Gasteiger partial charge in [-0.15, -0.1) is 0 Å². The van der Waals surface area contributed by atoms with Crippen LogP contribution in [0.2, 0.25) is 0 Å². The van der Waals surface area contributed by atoms with Crippen molar-refractivity contribution in [2.75, 3.05) is 26.8 Å². The quantitative estimate of drug-likeness (QED) is 0.582. The minimum Gasteiger partial charge on any atom is -0.383 e. The van der Waals surface area contributed by atoms with Gasteiger partial charge < -0.3 is 10.1 Å². The van der Waals surface area contributed by atoms with E-state index in [9.17, 15) is 0 Å². The van der Waals surface area contributed by atoms with Crippen LogP contribution in [0.15, 0.2) is 24.3 Å². The van der Waals surface area contributed by atoms with Crippen LogP contribution in [-0.2, 0) is 17.6 Å². The van der Waals surface area contributed by atoms with Crippen LogP contribution in [0.5, 0.6) is 0 Å². The highest BCUT2D eigenvalue weighted by atomic mass is 16.5. The van der Waals surface area contributed by atoms with Gasteiger partial charge in [0.1, 0.15) is 0 Å². The summed E-state index contributed by atoms with van der Waals surface area (Å²) in [5, 5.41) is 3.42. The fourth-order valence-electron chi connectivity index (χ4n) is 2.46. The molecule has 1 aromatic rings. The van der Waals surface area contributed by atoms with Crippen molar-refractivity contribution < 1.29 is 4.74 Å². The van der Waals surface area contributed by atoms with Gasteiger partial charge in [-0.3, -0.25) is 0 Å². The lowest BCUT2D eigenvalue weighted by atomic mass is 9.97. The lowest BCUT2D eigenvalue weighted by Gasteiger charge is -2.12. The summed E-state index contributed by atoms with van der Waals surface area (Å²) in [4.78, 5) is 0. The Labute approximate surface area is 131 Å². The van der Waals surface area contributed by atoms with Crippen molar-refractivity contribution in [2.45, 2.75) is 52.4 Å². The minimum atomic E-state index is 0.778. The maximum atomic E-state index is 5.03. The third kappa shape index (κ3) is 8.90. The van der Waals surface area contributed by atoms with Crippen LogP contribution >= 0.6 is 0 Å². The second-order valence-corrected chi connectivity index (χ2v) is 6.10. The molecule has 0 aliphatic heterocycles. The molecule has 0 radical (unpaired) electrons. The second-order valence-electron chi connectivity index (χ2n) is 6.10. The highest BCUT2D eigenvalue weighted by Crippen LogP contribution is 2.14. The van der Waals surface area contributed by atoms with Gasteiger partial charge >= 0.3 is 0 Å². The van der Waals surface area contributed by atoms with Gasteiger partial charge in [0.15, 0.2) is 0 Å². The van der Waals surface area contributed by atoms with Gasteiger partial charge in [-0.2, -0.15) is 0 Å². The Hall–Kier alpha value is -0.860. The van der Waals surface area contributed by atoms with Gasteiger partial charge in [-0.05, 0) is 55.7 Å². The molecule has 1 unspecified atom stereocenters. The second kappa shape index (κ2) is 11.8. The highest BCUT2D eigenvalue weighted by molar-refractivity contribution is 5.22. The summed E-state index contributed by atoms with van der Waals surface area (Å²) >= 11 is 0. The molecule has 0 heterocycles. The SMILES string of the molecule is CCCCc1ccc(CCC(C)CCNCCOC)cc1. The minimum absolute atomic E-state index is 0.778. The third-order valence-electron chi connectivity index (χ3n) is 4.06. The van der Waals surface area contributed by atoms with Crippen LogP contribution < -0.4 is 5.32 Å². The van der Waals surface area contributed by atoms with Crippen LogP contribution in [0.25, 0.3) is 0 Å². The van der Waals surface area contributed by atoms with Crippen LogP contribution in [0, 0.1) is 5.92 Å². The number of unbranched alkanes of at least 4 members (excludes halogenated alkanes) is 1. The Morgan fingerprint density at radius 3 is 2.29 bits per heavy atom. The molecule has 120 valence electrons. The van der Waals surface area contributed by atoms with E-state index >= 15 is 0 Å². The van der Waals surface area contributed by atoms with Gasteiger partial charge in [-0.25, -0.2) is 0 Å². The van der Waals surface area contributed by atoms with Crippen LogP contribution in [0.1, 0.15) is 50.7 Å². The van der Waals surface area contributed by atoms with E-state index in [1.165, 1.54) is 49.7 Å². The number of ether oxygens (including phenoxy) is 1. The van der Waals surface area contributed by atoms with Crippen LogP contribution in [0.3, 0.4) is 0 Å². The molecule has 0 aliphatic rings. The van der Waals surface area contributed by atoms with Crippen molar-refractivity contribution >= 4 is 0 Å². The summed E-state index contributed by atoms with van der Waals surface area (Å²) in [5.41, 5.74) is 2.96. The normalized spacial score (nSPS) is 12.5. The van der Waals surface area contributed by atoms with E-state index in [4.69, 9.17) is 4.74 Å². The van der Waals surface area contributed by atoms with Gasteiger partial charge in [0.25, 0.3) is 0 Å². The predicted molar refractivity (Wildman–Crippen MR) is 91.9 cm³/mol. The molecular weight excluding hydrogens is 258 g/mol. The number of aryl methyl sites for hydroxylation is 2. The first-order valence-electron chi connectivity index (χ1n) is 8.53. The maximum absolute atomic E-state index is 5.03. The molecule has 1 atom stereocenters. The van der Waals surface area contributed by atoms with E-state index in [1.54, 1.807) is 7.11 Å². The molecule has 21 heavy (non-hydrogen) atoms. The van der Waals surface area contributed by atoms with Crippen molar-refractivity contribution in [1.82, 2.24) is 5.32 Å². The fraction of sp³-hybridized carbons (Fsp3) is 0.684. The Morgan fingerprint density at radius 1 is 1.00 bits per heavy atom. The average Bonchev–Trinajstić information content (AvgIpc) is 2.51. The monoisotopic (exact) mass is 291 g/mol. The van der Waals surface area contributed by atoms with Crippen LogP contribution in [-0.4, -0.2) is 26.8 Å². The molecule has 0 amide bonds. The number of hydrogen-bond acceptors (Lipinski definition) is 2. The first-order chi connectivity index (χ1) is 10.3. The summed E-state index contributed by atoms with van der Waals surface area (Å²) in [7, 11) is 1.75. The number of nitrogens with one attached hydrogen (secondary N) is 1. The predicted octanol–water partition coefficient (Wildman–Crippen LogP) is 4.22. The first-order valence-corrected chi connectivity index (χ1v) is 8.53. The molecule has 0 saturated heterocycles. The van der Waals surface area contributed by atoms with E-state index < -0.39 is 0 Å². The summed E-state index contributed by atoms with van der Waals surface area (Å²) in [6.45, 7) is 7.47. The van der Waals surface area contributed by atoms with Gasteiger partial charge in [0, 0.05) is 13.7 Å². The van der Waals surface area contributed by atoms with E-state index in [-0.39, 0.29) is 0 Å². The molecule has 1 N–H and O–H groups in total. The van der Waals surface area contributed by atoms with E-state index in [0.717, 1.165) is 25.6 Å². The van der Waals surface area contributed by atoms with Crippen molar-refractivity contribution in [3.8, 4) is 0 Å². The highest BCUT2D eigenvalue weighted by Gasteiger charge is 2.03. The first kappa shape index (κ1) is 18.2. The molecule has 0 spiro atoms. The number of rotatable bonds is 12. The zero-order chi connectivity index (χ0) is 15.3. The number of methoxy groups -OCH3 is 1. The average molecular weight is 291 g/mol. The smallest absolute Gasteiger partial charge is 0.0587 e.